The normalized spacial score (nSPS) is 11.6. The van der Waals surface area contributed by atoms with Crippen molar-refractivity contribution < 1.29 is 14.1 Å². The number of aromatic nitrogens is 3. The number of thioether (sulfide) groups is 1. The summed E-state index contributed by atoms with van der Waals surface area (Å²) in [6.45, 7) is 3.82. The summed E-state index contributed by atoms with van der Waals surface area (Å²) in [7, 11) is 0. The lowest BCUT2D eigenvalue weighted by molar-refractivity contribution is -0.384. The molecule has 1 unspecified atom stereocenters. The Labute approximate surface area is 217 Å². The van der Waals surface area contributed by atoms with E-state index >= 15 is 0 Å². The molecule has 1 aromatic heterocycles. The molecular formula is C26H25FN6O3S. The van der Waals surface area contributed by atoms with Crippen molar-refractivity contribution in [1.82, 2.24) is 20.1 Å². The second kappa shape index (κ2) is 11.7. The van der Waals surface area contributed by atoms with E-state index in [0.717, 1.165) is 17.5 Å². The summed E-state index contributed by atoms with van der Waals surface area (Å²) in [6.07, 6.45) is 0.851. The predicted octanol–water partition coefficient (Wildman–Crippen LogP) is 6.05. The number of nitro benzene ring substituents is 1. The molecule has 37 heavy (non-hydrogen) atoms. The van der Waals surface area contributed by atoms with Gasteiger partial charge >= 0.3 is 6.03 Å². The molecule has 3 aromatic carbocycles. The highest BCUT2D eigenvalue weighted by molar-refractivity contribution is 7.98. The number of non-ortho nitro benzene ring substituents is 1. The Morgan fingerprint density at radius 1 is 1.08 bits per heavy atom. The van der Waals surface area contributed by atoms with Gasteiger partial charge in [0.25, 0.3) is 5.69 Å². The van der Waals surface area contributed by atoms with E-state index in [0.29, 0.717) is 28.1 Å². The van der Waals surface area contributed by atoms with Crippen LogP contribution in [0.25, 0.3) is 5.69 Å². The second-order valence-electron chi connectivity index (χ2n) is 8.24. The molecule has 2 amide bonds. The molecule has 0 aliphatic rings. The van der Waals surface area contributed by atoms with Crippen LogP contribution in [-0.4, -0.2) is 25.7 Å². The number of halogens is 1. The van der Waals surface area contributed by atoms with E-state index in [4.69, 9.17) is 0 Å². The topological polar surface area (TPSA) is 115 Å². The molecular weight excluding hydrogens is 495 g/mol. The molecule has 2 N–H and O–H groups in total. The van der Waals surface area contributed by atoms with Crippen molar-refractivity contribution in [3.8, 4) is 5.69 Å². The molecule has 190 valence electrons. The molecule has 1 heterocycles. The Bertz CT molecular complexity index is 1390. The van der Waals surface area contributed by atoms with Crippen molar-refractivity contribution in [2.75, 3.05) is 5.32 Å². The summed E-state index contributed by atoms with van der Waals surface area (Å²) >= 11 is 1.38. The van der Waals surface area contributed by atoms with Crippen LogP contribution >= 0.6 is 11.8 Å². The maximum absolute atomic E-state index is 13.3. The first kappa shape index (κ1) is 25.8. The SMILES string of the molecule is CCc1cccc(NC(=O)NC(C)c2nnc(SCc3ccc(F)cc3)n2-c2ccc([N+](=O)[O-])cc2)c1. The van der Waals surface area contributed by atoms with Crippen LogP contribution in [0.15, 0.2) is 78.0 Å². The Hall–Kier alpha value is -4.25. The fourth-order valence-electron chi connectivity index (χ4n) is 3.65. The number of urea groups is 1. The molecule has 0 saturated carbocycles. The van der Waals surface area contributed by atoms with Gasteiger partial charge in [-0.05, 0) is 60.9 Å². The lowest BCUT2D eigenvalue weighted by atomic mass is 10.1. The number of aryl methyl sites for hydroxylation is 1. The van der Waals surface area contributed by atoms with Crippen LogP contribution < -0.4 is 10.6 Å². The highest BCUT2D eigenvalue weighted by Crippen LogP contribution is 2.28. The monoisotopic (exact) mass is 520 g/mol. The molecule has 4 rings (SSSR count). The third-order valence-corrected chi connectivity index (χ3v) is 6.59. The Morgan fingerprint density at radius 3 is 2.49 bits per heavy atom. The highest BCUT2D eigenvalue weighted by atomic mass is 32.2. The van der Waals surface area contributed by atoms with Crippen LogP contribution in [0.5, 0.6) is 0 Å². The van der Waals surface area contributed by atoms with Crippen LogP contribution in [0.4, 0.5) is 20.6 Å². The number of rotatable bonds is 9. The van der Waals surface area contributed by atoms with Crippen LogP contribution in [0, 0.1) is 15.9 Å². The molecule has 0 aliphatic carbocycles. The Balaban J connectivity index is 1.58. The fraction of sp³-hybridized carbons (Fsp3) is 0.192. The molecule has 0 aliphatic heterocycles. The number of nitro groups is 1. The zero-order valence-corrected chi connectivity index (χ0v) is 21.0. The van der Waals surface area contributed by atoms with Crippen molar-refractivity contribution in [1.29, 1.82) is 0 Å². The molecule has 0 radical (unpaired) electrons. The molecule has 0 fully saturated rings. The van der Waals surface area contributed by atoms with E-state index in [1.807, 2.05) is 31.2 Å². The number of nitrogens with zero attached hydrogens (tertiary/aromatic N) is 4. The smallest absolute Gasteiger partial charge is 0.319 e. The van der Waals surface area contributed by atoms with Gasteiger partial charge in [-0.25, -0.2) is 9.18 Å². The minimum absolute atomic E-state index is 0.0428. The standard InChI is InChI=1S/C26H25FN6O3S/c1-3-18-5-4-6-21(15-18)29-25(34)28-17(2)24-30-31-26(37-16-19-7-9-20(27)10-8-19)32(24)22-11-13-23(14-12-22)33(35)36/h4-15,17H,3,16H2,1-2H3,(H2,28,29,34). The Kier molecular flexibility index (Phi) is 8.14. The maximum atomic E-state index is 13.3. The molecule has 0 spiro atoms. The number of amides is 2. The van der Waals surface area contributed by atoms with Crippen molar-refractivity contribution >= 4 is 29.2 Å². The number of hydrogen-bond donors (Lipinski definition) is 2. The first-order valence-electron chi connectivity index (χ1n) is 11.6. The Morgan fingerprint density at radius 2 is 1.81 bits per heavy atom. The summed E-state index contributed by atoms with van der Waals surface area (Å²) in [4.78, 5) is 23.4. The van der Waals surface area contributed by atoms with Gasteiger partial charge in [0.15, 0.2) is 11.0 Å². The third-order valence-electron chi connectivity index (χ3n) is 5.59. The summed E-state index contributed by atoms with van der Waals surface area (Å²) < 4.78 is 15.0. The zero-order chi connectivity index (χ0) is 26.4. The quantitative estimate of drug-likeness (QED) is 0.158. The van der Waals surface area contributed by atoms with Gasteiger partial charge in [-0.2, -0.15) is 0 Å². The lowest BCUT2D eigenvalue weighted by Gasteiger charge is -2.17. The van der Waals surface area contributed by atoms with Gasteiger partial charge in [0.2, 0.25) is 0 Å². The molecule has 11 heteroatoms. The first-order chi connectivity index (χ1) is 17.8. The van der Waals surface area contributed by atoms with Crippen LogP contribution in [0.3, 0.4) is 0 Å². The second-order valence-corrected chi connectivity index (χ2v) is 9.18. The van der Waals surface area contributed by atoms with Crippen molar-refractivity contribution in [2.45, 2.75) is 37.2 Å². The summed E-state index contributed by atoms with van der Waals surface area (Å²) in [6, 6.07) is 18.8. The molecule has 0 bridgehead atoms. The van der Waals surface area contributed by atoms with E-state index in [2.05, 4.69) is 20.8 Å². The number of nitrogens with one attached hydrogen (secondary N) is 2. The minimum atomic E-state index is -0.544. The number of carbonyl (C=O) groups excluding carboxylic acids is 1. The van der Waals surface area contributed by atoms with Gasteiger partial charge in [0, 0.05) is 29.3 Å². The average Bonchev–Trinajstić information content (AvgIpc) is 3.32. The number of anilines is 1. The fourth-order valence-corrected chi connectivity index (χ4v) is 4.56. The average molecular weight is 521 g/mol. The van der Waals surface area contributed by atoms with E-state index in [1.165, 1.54) is 36.0 Å². The van der Waals surface area contributed by atoms with Gasteiger partial charge in [-0.3, -0.25) is 14.7 Å². The van der Waals surface area contributed by atoms with Gasteiger partial charge in [0.05, 0.1) is 11.0 Å². The lowest BCUT2D eigenvalue weighted by Crippen LogP contribution is -2.32. The van der Waals surface area contributed by atoms with Crippen molar-refractivity contribution in [3.63, 3.8) is 0 Å². The molecule has 0 saturated heterocycles. The number of hydrogen-bond acceptors (Lipinski definition) is 6. The number of carbonyl (C=O) groups is 1. The summed E-state index contributed by atoms with van der Waals surface area (Å²) in [5.41, 5.74) is 3.24. The highest BCUT2D eigenvalue weighted by Gasteiger charge is 2.22. The third kappa shape index (κ3) is 6.50. The van der Waals surface area contributed by atoms with Crippen molar-refractivity contribution in [2.24, 2.45) is 0 Å². The molecule has 1 atom stereocenters. The van der Waals surface area contributed by atoms with Gasteiger partial charge in [-0.15, -0.1) is 10.2 Å². The van der Waals surface area contributed by atoms with Gasteiger partial charge in [-0.1, -0.05) is 43.0 Å². The van der Waals surface area contributed by atoms with Crippen LogP contribution in [0.1, 0.15) is 36.8 Å². The van der Waals surface area contributed by atoms with E-state index < -0.39 is 17.0 Å². The van der Waals surface area contributed by atoms with E-state index in [-0.39, 0.29) is 11.5 Å². The van der Waals surface area contributed by atoms with Gasteiger partial charge < -0.3 is 10.6 Å². The predicted molar refractivity (Wildman–Crippen MR) is 140 cm³/mol. The maximum Gasteiger partial charge on any atom is 0.319 e. The largest absolute Gasteiger partial charge is 0.328 e. The van der Waals surface area contributed by atoms with Crippen LogP contribution in [-0.2, 0) is 12.2 Å². The van der Waals surface area contributed by atoms with Gasteiger partial charge in [0.1, 0.15) is 5.82 Å². The first-order valence-corrected chi connectivity index (χ1v) is 12.6. The van der Waals surface area contributed by atoms with E-state index in [1.54, 1.807) is 35.8 Å². The van der Waals surface area contributed by atoms with Crippen LogP contribution in [0.2, 0.25) is 0 Å². The number of benzene rings is 3. The van der Waals surface area contributed by atoms with Crippen molar-refractivity contribution in [3.05, 3.63) is 106 Å². The molecule has 4 aromatic rings. The molecule has 9 nitrogen and oxygen atoms in total. The summed E-state index contributed by atoms with van der Waals surface area (Å²) in [5, 5.41) is 26.0. The minimum Gasteiger partial charge on any atom is -0.328 e. The van der Waals surface area contributed by atoms with E-state index in [9.17, 15) is 19.3 Å². The zero-order valence-electron chi connectivity index (χ0n) is 20.2. The summed E-state index contributed by atoms with van der Waals surface area (Å²) in [5.74, 6) is 0.638.